The second-order valence-electron chi connectivity index (χ2n) is 7.82. The number of amides is 1. The summed E-state index contributed by atoms with van der Waals surface area (Å²) in [4.78, 5) is 28.6. The van der Waals surface area contributed by atoms with Crippen LogP contribution in [0.1, 0.15) is 41.0 Å². The summed E-state index contributed by atoms with van der Waals surface area (Å²) in [5, 5.41) is 3.49. The van der Waals surface area contributed by atoms with Gasteiger partial charge >= 0.3 is 6.09 Å². The van der Waals surface area contributed by atoms with E-state index in [-0.39, 0.29) is 12.1 Å². The number of ether oxygens (including phenoxy) is 4. The summed E-state index contributed by atoms with van der Waals surface area (Å²) in [5.74, 6) is 0.397. The summed E-state index contributed by atoms with van der Waals surface area (Å²) in [6.07, 6.45) is -0.417. The standard InChI is InChI=1S/C22H33N3O6/c1-6-28-19(29-7-2)15-25-18(26)12-10-16-9-11-17(24-20(16)25)30-14-8-13-23-21(27)31-22(3,4)5/h9-12,19H,6-8,13-15H2,1-5H3,(H,23,27). The SMILES string of the molecule is CCOC(Cn1c(=O)ccc2ccc(OCCCNC(=O)OC(C)(C)C)nc21)OCC. The Morgan fingerprint density at radius 3 is 2.45 bits per heavy atom. The Balaban J connectivity index is 2.01. The van der Waals surface area contributed by atoms with E-state index in [1.165, 1.54) is 10.6 Å². The summed E-state index contributed by atoms with van der Waals surface area (Å²) in [6.45, 7) is 11.1. The molecule has 0 fully saturated rings. The maximum absolute atomic E-state index is 12.5. The van der Waals surface area contributed by atoms with Crippen molar-refractivity contribution in [1.82, 2.24) is 14.9 Å². The minimum Gasteiger partial charge on any atom is -0.478 e. The van der Waals surface area contributed by atoms with Gasteiger partial charge in [0.05, 0.1) is 13.2 Å². The van der Waals surface area contributed by atoms with Gasteiger partial charge in [-0.05, 0) is 53.2 Å². The number of rotatable bonds is 11. The third kappa shape index (κ3) is 8.18. The van der Waals surface area contributed by atoms with Crippen molar-refractivity contribution in [3.63, 3.8) is 0 Å². The lowest BCUT2D eigenvalue weighted by atomic mass is 10.2. The number of carbonyl (C=O) groups is 1. The molecular weight excluding hydrogens is 402 g/mol. The van der Waals surface area contributed by atoms with Crippen LogP contribution < -0.4 is 15.6 Å². The number of pyridine rings is 2. The fraction of sp³-hybridized carbons (Fsp3) is 0.591. The predicted molar refractivity (Wildman–Crippen MR) is 117 cm³/mol. The van der Waals surface area contributed by atoms with E-state index in [2.05, 4.69) is 10.3 Å². The Bertz CT molecular complexity index is 900. The van der Waals surface area contributed by atoms with E-state index in [4.69, 9.17) is 18.9 Å². The molecule has 0 aliphatic rings. The zero-order chi connectivity index (χ0) is 22.9. The molecule has 0 bridgehead atoms. The topological polar surface area (TPSA) is 101 Å². The fourth-order valence-electron chi connectivity index (χ4n) is 2.83. The first-order valence-electron chi connectivity index (χ1n) is 10.6. The number of alkyl carbamates (subject to hydrolysis) is 1. The monoisotopic (exact) mass is 435 g/mol. The lowest BCUT2D eigenvalue weighted by Crippen LogP contribution is -2.33. The predicted octanol–water partition coefficient (Wildman–Crippen LogP) is 3.09. The first-order valence-corrected chi connectivity index (χ1v) is 10.6. The summed E-state index contributed by atoms with van der Waals surface area (Å²) in [7, 11) is 0. The van der Waals surface area contributed by atoms with Crippen LogP contribution in [-0.2, 0) is 20.8 Å². The van der Waals surface area contributed by atoms with Crippen molar-refractivity contribution in [2.24, 2.45) is 0 Å². The zero-order valence-electron chi connectivity index (χ0n) is 19.0. The number of nitrogens with zero attached hydrogens (tertiary/aromatic N) is 2. The van der Waals surface area contributed by atoms with Crippen molar-refractivity contribution in [2.75, 3.05) is 26.4 Å². The van der Waals surface area contributed by atoms with Crippen LogP contribution in [0.25, 0.3) is 11.0 Å². The van der Waals surface area contributed by atoms with Gasteiger partial charge in [-0.25, -0.2) is 4.79 Å². The Kier molecular flexibility index (Phi) is 9.26. The molecule has 0 unspecified atom stereocenters. The smallest absolute Gasteiger partial charge is 0.407 e. The quantitative estimate of drug-likeness (QED) is 0.427. The number of nitrogens with one attached hydrogen (secondary N) is 1. The second kappa shape index (κ2) is 11.7. The molecule has 2 rings (SSSR count). The molecule has 31 heavy (non-hydrogen) atoms. The molecule has 9 heteroatoms. The van der Waals surface area contributed by atoms with E-state index in [9.17, 15) is 9.59 Å². The largest absolute Gasteiger partial charge is 0.478 e. The molecule has 1 N–H and O–H groups in total. The summed E-state index contributed by atoms with van der Waals surface area (Å²) in [5.41, 5.74) is -0.223. The maximum Gasteiger partial charge on any atom is 0.407 e. The maximum atomic E-state index is 12.5. The molecule has 0 aromatic carbocycles. The average Bonchev–Trinajstić information content (AvgIpc) is 2.69. The van der Waals surface area contributed by atoms with Crippen LogP contribution in [0, 0.1) is 0 Å². The van der Waals surface area contributed by atoms with Gasteiger partial charge in [-0.15, -0.1) is 0 Å². The van der Waals surface area contributed by atoms with Gasteiger partial charge in [-0.2, -0.15) is 4.98 Å². The minimum absolute atomic E-state index is 0.192. The fourth-order valence-corrected chi connectivity index (χ4v) is 2.83. The van der Waals surface area contributed by atoms with Crippen LogP contribution in [-0.4, -0.2) is 53.9 Å². The second-order valence-corrected chi connectivity index (χ2v) is 7.82. The number of hydrogen-bond acceptors (Lipinski definition) is 7. The van der Waals surface area contributed by atoms with Gasteiger partial charge in [0, 0.05) is 37.3 Å². The first kappa shape index (κ1) is 24.6. The molecule has 9 nitrogen and oxygen atoms in total. The van der Waals surface area contributed by atoms with E-state index in [1.807, 2.05) is 40.7 Å². The third-order valence-corrected chi connectivity index (χ3v) is 4.08. The Hall–Kier alpha value is -2.65. The van der Waals surface area contributed by atoms with Gasteiger partial charge in [0.25, 0.3) is 5.56 Å². The van der Waals surface area contributed by atoms with Crippen LogP contribution in [0.4, 0.5) is 4.79 Å². The first-order chi connectivity index (χ1) is 14.7. The van der Waals surface area contributed by atoms with Crippen molar-refractivity contribution in [2.45, 2.75) is 59.5 Å². The molecule has 2 heterocycles. The Morgan fingerprint density at radius 1 is 1.13 bits per heavy atom. The van der Waals surface area contributed by atoms with Gasteiger partial charge in [-0.3, -0.25) is 9.36 Å². The molecule has 172 valence electrons. The molecule has 0 aliphatic heterocycles. The molecule has 0 aliphatic carbocycles. The van der Waals surface area contributed by atoms with Crippen LogP contribution in [0.5, 0.6) is 5.88 Å². The van der Waals surface area contributed by atoms with Crippen LogP contribution in [0.15, 0.2) is 29.1 Å². The number of aromatic nitrogens is 2. The lowest BCUT2D eigenvalue weighted by Gasteiger charge is -2.19. The average molecular weight is 436 g/mol. The highest BCUT2D eigenvalue weighted by molar-refractivity contribution is 5.75. The van der Waals surface area contributed by atoms with Gasteiger partial charge < -0.3 is 24.3 Å². The molecule has 1 amide bonds. The molecule has 2 aromatic rings. The Labute approximate surface area is 182 Å². The van der Waals surface area contributed by atoms with Crippen molar-refractivity contribution < 1.29 is 23.7 Å². The van der Waals surface area contributed by atoms with Gasteiger partial charge in [0.1, 0.15) is 11.2 Å². The van der Waals surface area contributed by atoms with E-state index >= 15 is 0 Å². The normalized spacial score (nSPS) is 11.7. The molecule has 0 spiro atoms. The van der Waals surface area contributed by atoms with E-state index in [1.54, 1.807) is 12.1 Å². The Morgan fingerprint density at radius 2 is 1.81 bits per heavy atom. The van der Waals surface area contributed by atoms with E-state index in [0.29, 0.717) is 44.3 Å². The molecule has 0 saturated heterocycles. The summed E-state index contributed by atoms with van der Waals surface area (Å²) < 4.78 is 23.6. The van der Waals surface area contributed by atoms with Crippen molar-refractivity contribution in [3.8, 4) is 5.88 Å². The van der Waals surface area contributed by atoms with Crippen LogP contribution in [0.2, 0.25) is 0 Å². The summed E-state index contributed by atoms with van der Waals surface area (Å²) >= 11 is 0. The molecule has 2 aromatic heterocycles. The van der Waals surface area contributed by atoms with Crippen LogP contribution >= 0.6 is 0 Å². The van der Waals surface area contributed by atoms with E-state index < -0.39 is 18.0 Å². The van der Waals surface area contributed by atoms with Crippen molar-refractivity contribution >= 4 is 17.1 Å². The molecule has 0 saturated carbocycles. The number of fused-ring (bicyclic) bond motifs is 1. The highest BCUT2D eigenvalue weighted by Crippen LogP contribution is 2.16. The molecule has 0 radical (unpaired) electrons. The van der Waals surface area contributed by atoms with Crippen LogP contribution in [0.3, 0.4) is 0 Å². The lowest BCUT2D eigenvalue weighted by molar-refractivity contribution is -0.143. The zero-order valence-corrected chi connectivity index (χ0v) is 19.0. The highest BCUT2D eigenvalue weighted by atomic mass is 16.7. The van der Waals surface area contributed by atoms with Gasteiger partial charge in [0.2, 0.25) is 5.88 Å². The third-order valence-electron chi connectivity index (χ3n) is 4.08. The van der Waals surface area contributed by atoms with Gasteiger partial charge in [-0.1, -0.05) is 0 Å². The van der Waals surface area contributed by atoms with Gasteiger partial charge in [0.15, 0.2) is 6.29 Å². The minimum atomic E-state index is -0.538. The molecule has 0 atom stereocenters. The molecular formula is C22H33N3O6. The van der Waals surface area contributed by atoms with E-state index in [0.717, 1.165) is 5.39 Å². The number of hydrogen-bond donors (Lipinski definition) is 1. The highest BCUT2D eigenvalue weighted by Gasteiger charge is 2.16. The summed E-state index contributed by atoms with van der Waals surface area (Å²) in [6, 6.07) is 6.83. The van der Waals surface area contributed by atoms with Crippen molar-refractivity contribution in [3.05, 3.63) is 34.6 Å². The number of carbonyl (C=O) groups excluding carboxylic acids is 1. The van der Waals surface area contributed by atoms with Crippen molar-refractivity contribution in [1.29, 1.82) is 0 Å².